The lowest BCUT2D eigenvalue weighted by Crippen LogP contribution is -2.35. The van der Waals surface area contributed by atoms with E-state index in [0.29, 0.717) is 0 Å². The SMILES string of the molecule is CC(C)C(NCc1ccsc1)C1CC1. The zero-order chi connectivity index (χ0) is 9.97. The van der Waals surface area contributed by atoms with Gasteiger partial charge in [0.2, 0.25) is 0 Å². The van der Waals surface area contributed by atoms with Gasteiger partial charge in [-0.05, 0) is 47.1 Å². The Hall–Kier alpha value is -0.340. The summed E-state index contributed by atoms with van der Waals surface area (Å²) in [5, 5.41) is 8.07. The van der Waals surface area contributed by atoms with Crippen molar-refractivity contribution in [2.45, 2.75) is 39.3 Å². The monoisotopic (exact) mass is 209 g/mol. The molecule has 1 aliphatic carbocycles. The van der Waals surface area contributed by atoms with E-state index in [1.54, 1.807) is 11.3 Å². The maximum Gasteiger partial charge on any atom is 0.0216 e. The smallest absolute Gasteiger partial charge is 0.0216 e. The highest BCUT2D eigenvalue weighted by atomic mass is 32.1. The first kappa shape index (κ1) is 10.2. The van der Waals surface area contributed by atoms with E-state index in [1.807, 2.05) is 0 Å². The van der Waals surface area contributed by atoms with E-state index in [2.05, 4.69) is 36.0 Å². The summed E-state index contributed by atoms with van der Waals surface area (Å²) in [6, 6.07) is 2.94. The molecule has 0 saturated heterocycles. The average molecular weight is 209 g/mol. The summed E-state index contributed by atoms with van der Waals surface area (Å²) >= 11 is 1.78. The van der Waals surface area contributed by atoms with Crippen LogP contribution in [0, 0.1) is 11.8 Å². The van der Waals surface area contributed by atoms with Gasteiger partial charge in [-0.15, -0.1) is 0 Å². The van der Waals surface area contributed by atoms with Crippen LogP contribution in [-0.4, -0.2) is 6.04 Å². The molecule has 0 spiro atoms. The Bertz CT molecular complexity index is 260. The molecule has 0 bridgehead atoms. The standard InChI is InChI=1S/C12H19NS/c1-9(2)12(11-3-4-11)13-7-10-5-6-14-8-10/h5-6,8-9,11-13H,3-4,7H2,1-2H3. The Morgan fingerprint density at radius 1 is 1.50 bits per heavy atom. The summed E-state index contributed by atoms with van der Waals surface area (Å²) < 4.78 is 0. The molecule has 1 fully saturated rings. The molecule has 2 rings (SSSR count). The van der Waals surface area contributed by atoms with Gasteiger partial charge in [0, 0.05) is 12.6 Å². The third kappa shape index (κ3) is 2.58. The zero-order valence-electron chi connectivity index (χ0n) is 8.99. The number of hydrogen-bond acceptors (Lipinski definition) is 2. The van der Waals surface area contributed by atoms with Crippen molar-refractivity contribution in [1.29, 1.82) is 0 Å². The van der Waals surface area contributed by atoms with Gasteiger partial charge < -0.3 is 5.32 Å². The molecule has 0 aliphatic heterocycles. The van der Waals surface area contributed by atoms with E-state index >= 15 is 0 Å². The van der Waals surface area contributed by atoms with Gasteiger partial charge in [-0.1, -0.05) is 13.8 Å². The topological polar surface area (TPSA) is 12.0 Å². The lowest BCUT2D eigenvalue weighted by atomic mass is 9.99. The molecule has 0 aromatic carbocycles. The third-order valence-corrected chi connectivity index (χ3v) is 3.70. The molecular weight excluding hydrogens is 190 g/mol. The molecule has 78 valence electrons. The Morgan fingerprint density at radius 2 is 2.29 bits per heavy atom. The van der Waals surface area contributed by atoms with Gasteiger partial charge in [-0.2, -0.15) is 11.3 Å². The van der Waals surface area contributed by atoms with E-state index < -0.39 is 0 Å². The maximum absolute atomic E-state index is 3.69. The molecule has 14 heavy (non-hydrogen) atoms. The van der Waals surface area contributed by atoms with Crippen LogP contribution in [0.2, 0.25) is 0 Å². The fourth-order valence-corrected chi connectivity index (χ4v) is 2.70. The first-order valence-corrected chi connectivity index (χ1v) is 6.46. The van der Waals surface area contributed by atoms with E-state index in [1.165, 1.54) is 18.4 Å². The normalized spacial score (nSPS) is 18.8. The van der Waals surface area contributed by atoms with Gasteiger partial charge >= 0.3 is 0 Å². The first-order chi connectivity index (χ1) is 6.77. The Kier molecular flexibility index (Phi) is 3.24. The highest BCUT2D eigenvalue weighted by Crippen LogP contribution is 2.35. The van der Waals surface area contributed by atoms with E-state index in [4.69, 9.17) is 0 Å². The molecule has 1 aromatic rings. The number of thiophene rings is 1. The molecule has 2 heteroatoms. The van der Waals surface area contributed by atoms with Gasteiger partial charge in [0.25, 0.3) is 0 Å². The van der Waals surface area contributed by atoms with E-state index in [-0.39, 0.29) is 0 Å². The molecule has 1 saturated carbocycles. The number of nitrogens with one attached hydrogen (secondary N) is 1. The van der Waals surface area contributed by atoms with Crippen molar-refractivity contribution in [2.75, 3.05) is 0 Å². The van der Waals surface area contributed by atoms with Crippen LogP contribution in [0.4, 0.5) is 0 Å². The van der Waals surface area contributed by atoms with Crippen molar-refractivity contribution in [2.24, 2.45) is 11.8 Å². The summed E-state index contributed by atoms with van der Waals surface area (Å²) in [4.78, 5) is 0. The molecule has 1 heterocycles. The second kappa shape index (κ2) is 4.45. The van der Waals surface area contributed by atoms with Gasteiger partial charge in [0.1, 0.15) is 0 Å². The fourth-order valence-electron chi connectivity index (χ4n) is 2.03. The van der Waals surface area contributed by atoms with Gasteiger partial charge in [0.15, 0.2) is 0 Å². The van der Waals surface area contributed by atoms with Gasteiger partial charge in [-0.25, -0.2) is 0 Å². The fraction of sp³-hybridized carbons (Fsp3) is 0.667. The second-order valence-corrected chi connectivity index (χ2v) is 5.40. The van der Waals surface area contributed by atoms with Crippen LogP contribution < -0.4 is 5.32 Å². The minimum Gasteiger partial charge on any atom is -0.309 e. The molecule has 0 amide bonds. The molecular formula is C12H19NS. The lowest BCUT2D eigenvalue weighted by Gasteiger charge is -2.21. The Morgan fingerprint density at radius 3 is 2.79 bits per heavy atom. The summed E-state index contributed by atoms with van der Waals surface area (Å²) in [5.74, 6) is 1.72. The average Bonchev–Trinajstić information content (AvgIpc) is 2.82. The van der Waals surface area contributed by atoms with Gasteiger partial charge in [-0.3, -0.25) is 0 Å². The minimum absolute atomic E-state index is 0.731. The van der Waals surface area contributed by atoms with Crippen molar-refractivity contribution in [3.8, 4) is 0 Å². The molecule has 1 unspecified atom stereocenters. The zero-order valence-corrected chi connectivity index (χ0v) is 9.81. The summed E-state index contributed by atoms with van der Waals surface area (Å²) in [5.41, 5.74) is 1.43. The summed E-state index contributed by atoms with van der Waals surface area (Å²) in [6.45, 7) is 5.69. The molecule has 1 N–H and O–H groups in total. The van der Waals surface area contributed by atoms with Crippen LogP contribution in [0.15, 0.2) is 16.8 Å². The number of hydrogen-bond donors (Lipinski definition) is 1. The maximum atomic E-state index is 3.69. The van der Waals surface area contributed by atoms with E-state index in [9.17, 15) is 0 Å². The lowest BCUT2D eigenvalue weighted by molar-refractivity contribution is 0.359. The van der Waals surface area contributed by atoms with E-state index in [0.717, 1.165) is 24.4 Å². The number of rotatable bonds is 5. The summed E-state index contributed by atoms with van der Waals surface area (Å²) in [6.07, 6.45) is 2.86. The van der Waals surface area contributed by atoms with Crippen molar-refractivity contribution in [3.63, 3.8) is 0 Å². The van der Waals surface area contributed by atoms with Crippen molar-refractivity contribution in [3.05, 3.63) is 22.4 Å². The minimum atomic E-state index is 0.731. The molecule has 1 atom stereocenters. The second-order valence-electron chi connectivity index (χ2n) is 4.62. The van der Waals surface area contributed by atoms with Crippen molar-refractivity contribution >= 4 is 11.3 Å². The molecule has 1 nitrogen and oxygen atoms in total. The predicted molar refractivity (Wildman–Crippen MR) is 62.5 cm³/mol. The quantitative estimate of drug-likeness (QED) is 0.785. The molecule has 1 aliphatic rings. The Labute approximate surface area is 90.5 Å². The summed E-state index contributed by atoms with van der Waals surface area (Å²) in [7, 11) is 0. The van der Waals surface area contributed by atoms with Crippen LogP contribution >= 0.6 is 11.3 Å². The van der Waals surface area contributed by atoms with Gasteiger partial charge in [0.05, 0.1) is 0 Å². The van der Waals surface area contributed by atoms with Crippen LogP contribution in [0.25, 0.3) is 0 Å². The molecule has 0 radical (unpaired) electrons. The van der Waals surface area contributed by atoms with Crippen molar-refractivity contribution < 1.29 is 0 Å². The Balaban J connectivity index is 1.82. The molecule has 1 aromatic heterocycles. The highest BCUT2D eigenvalue weighted by molar-refractivity contribution is 7.07. The van der Waals surface area contributed by atoms with Crippen LogP contribution in [0.5, 0.6) is 0 Å². The highest BCUT2D eigenvalue weighted by Gasteiger charge is 2.32. The van der Waals surface area contributed by atoms with Crippen LogP contribution in [0.3, 0.4) is 0 Å². The predicted octanol–water partition coefficient (Wildman–Crippen LogP) is 3.27. The van der Waals surface area contributed by atoms with Crippen LogP contribution in [0.1, 0.15) is 32.3 Å². The van der Waals surface area contributed by atoms with Crippen molar-refractivity contribution in [1.82, 2.24) is 5.32 Å². The third-order valence-electron chi connectivity index (χ3n) is 2.97. The first-order valence-electron chi connectivity index (χ1n) is 5.52. The van der Waals surface area contributed by atoms with Crippen LogP contribution in [-0.2, 0) is 6.54 Å². The largest absolute Gasteiger partial charge is 0.309 e.